The number of aliphatic hydroxyl groups excluding tert-OH is 3. The Kier molecular flexibility index (Phi) is 6.21. The van der Waals surface area contributed by atoms with E-state index >= 15 is 0 Å². The molecule has 0 unspecified atom stereocenters. The number of fused-ring (bicyclic) bond motifs is 3. The second-order valence-electron chi connectivity index (χ2n) is 10.8. The molecule has 3 fully saturated rings. The number of aliphatic hydroxyl groups is 3. The highest BCUT2D eigenvalue weighted by Gasteiger charge is 2.64. The Bertz CT molecular complexity index is 575. The molecule has 0 heterocycles. The average Bonchev–Trinajstić information content (AvgIpc) is 2.97. The van der Waals surface area contributed by atoms with E-state index in [1.54, 1.807) is 0 Å². The summed E-state index contributed by atoms with van der Waals surface area (Å²) >= 11 is 0. The number of hydrogen-bond donors (Lipinski definition) is 4. The van der Waals surface area contributed by atoms with E-state index in [9.17, 15) is 20.1 Å². The molecule has 3 saturated carbocycles. The van der Waals surface area contributed by atoms with Crippen LogP contribution in [0.2, 0.25) is 0 Å². The molecule has 0 aromatic rings. The lowest BCUT2D eigenvalue weighted by Gasteiger charge is -2.61. The predicted molar refractivity (Wildman–Crippen MR) is 108 cm³/mol. The van der Waals surface area contributed by atoms with Crippen molar-refractivity contribution in [1.29, 1.82) is 0 Å². The summed E-state index contributed by atoms with van der Waals surface area (Å²) in [5.41, 5.74) is -0.262. The highest BCUT2D eigenvalue weighted by atomic mass is 16.4. The molecule has 28 heavy (non-hydrogen) atoms. The van der Waals surface area contributed by atoms with Gasteiger partial charge in [-0.15, -0.1) is 0 Å². The van der Waals surface area contributed by atoms with Crippen LogP contribution in [0, 0.1) is 46.3 Å². The summed E-state index contributed by atoms with van der Waals surface area (Å²) in [7, 11) is 0. The van der Waals surface area contributed by atoms with Gasteiger partial charge in [-0.2, -0.15) is 0 Å². The average molecular weight is 397 g/mol. The number of hydrogen-bond acceptors (Lipinski definition) is 4. The van der Waals surface area contributed by atoms with Crippen molar-refractivity contribution in [2.75, 3.05) is 6.61 Å². The van der Waals surface area contributed by atoms with Crippen LogP contribution in [0.1, 0.15) is 72.6 Å². The van der Waals surface area contributed by atoms with Gasteiger partial charge in [-0.3, -0.25) is 4.79 Å². The van der Waals surface area contributed by atoms with Crippen LogP contribution in [-0.4, -0.2) is 45.2 Å². The zero-order valence-corrected chi connectivity index (χ0v) is 18.0. The van der Waals surface area contributed by atoms with Crippen molar-refractivity contribution in [2.24, 2.45) is 46.3 Å². The van der Waals surface area contributed by atoms with Crippen molar-refractivity contribution in [3.8, 4) is 0 Å². The minimum Gasteiger partial charge on any atom is -0.481 e. The molecule has 5 heteroatoms. The van der Waals surface area contributed by atoms with Crippen LogP contribution in [-0.2, 0) is 4.79 Å². The van der Waals surface area contributed by atoms with Crippen LogP contribution < -0.4 is 0 Å². The molecule has 0 aliphatic heterocycles. The van der Waals surface area contributed by atoms with Gasteiger partial charge in [0.1, 0.15) is 0 Å². The first-order valence-corrected chi connectivity index (χ1v) is 11.2. The largest absolute Gasteiger partial charge is 0.481 e. The second-order valence-corrected chi connectivity index (χ2v) is 10.8. The standard InChI is InChI=1S/C23H40O5/c1-13(5-8-20(27)28)15-6-7-16-21-17(12-19(26)23(15,16)4)22(2,3)14(9-10-24)11-18(21)25/h13-19,21,24-26H,5-12H2,1-4H3,(H,27,28)/t13-,14+,15-,16+,17+,18-,19+,21+,23-/m1/s1. The summed E-state index contributed by atoms with van der Waals surface area (Å²) in [6, 6.07) is 0. The maximum absolute atomic E-state index is 11.4. The van der Waals surface area contributed by atoms with Crippen LogP contribution >= 0.6 is 0 Å². The molecule has 0 spiro atoms. The lowest BCUT2D eigenvalue weighted by Crippen LogP contribution is -2.60. The first kappa shape index (κ1) is 22.0. The minimum absolute atomic E-state index is 0.0120. The fourth-order valence-electron chi connectivity index (χ4n) is 7.78. The first-order valence-electron chi connectivity index (χ1n) is 11.2. The van der Waals surface area contributed by atoms with Gasteiger partial charge in [-0.05, 0) is 84.9 Å². The fraction of sp³-hybridized carbons (Fsp3) is 0.957. The molecule has 0 aromatic heterocycles. The van der Waals surface area contributed by atoms with Crippen molar-refractivity contribution < 1.29 is 25.2 Å². The van der Waals surface area contributed by atoms with Gasteiger partial charge in [0, 0.05) is 13.0 Å². The third kappa shape index (κ3) is 3.41. The lowest BCUT2D eigenvalue weighted by molar-refractivity contribution is -0.191. The van der Waals surface area contributed by atoms with Crippen molar-refractivity contribution in [3.05, 3.63) is 0 Å². The molecular formula is C23H40O5. The van der Waals surface area contributed by atoms with Crippen LogP contribution in [0.15, 0.2) is 0 Å². The third-order valence-electron chi connectivity index (χ3n) is 9.47. The molecule has 0 saturated heterocycles. The smallest absolute Gasteiger partial charge is 0.303 e. The minimum atomic E-state index is -0.754. The molecule has 3 rings (SSSR count). The van der Waals surface area contributed by atoms with E-state index in [1.807, 2.05) is 0 Å². The summed E-state index contributed by atoms with van der Waals surface area (Å²) in [6.45, 7) is 9.00. The molecule has 5 nitrogen and oxygen atoms in total. The van der Waals surface area contributed by atoms with E-state index in [-0.39, 0.29) is 59.6 Å². The van der Waals surface area contributed by atoms with Gasteiger partial charge >= 0.3 is 5.97 Å². The lowest BCUT2D eigenvalue weighted by atomic mass is 9.45. The van der Waals surface area contributed by atoms with Gasteiger partial charge in [0.2, 0.25) is 0 Å². The van der Waals surface area contributed by atoms with E-state index in [0.717, 1.165) is 19.3 Å². The van der Waals surface area contributed by atoms with Crippen molar-refractivity contribution >= 4 is 5.97 Å². The molecule has 0 radical (unpaired) electrons. The molecule has 162 valence electrons. The Balaban J connectivity index is 1.86. The van der Waals surface area contributed by atoms with Crippen LogP contribution in [0.25, 0.3) is 0 Å². The molecule has 0 amide bonds. The molecule has 3 aliphatic carbocycles. The van der Waals surface area contributed by atoms with Gasteiger partial charge in [0.25, 0.3) is 0 Å². The third-order valence-corrected chi connectivity index (χ3v) is 9.47. The Labute approximate surface area is 169 Å². The maximum atomic E-state index is 11.4. The van der Waals surface area contributed by atoms with Crippen LogP contribution in [0.4, 0.5) is 0 Å². The Morgan fingerprint density at radius 2 is 1.79 bits per heavy atom. The molecular weight excluding hydrogens is 356 g/mol. The van der Waals surface area contributed by atoms with E-state index in [1.165, 1.54) is 0 Å². The Morgan fingerprint density at radius 3 is 2.39 bits per heavy atom. The summed E-state index contributed by atoms with van der Waals surface area (Å²) in [5, 5.41) is 41.1. The molecule has 3 aliphatic rings. The SMILES string of the molecule is C[C@H](CCC(=O)O)[C@H]1CC[C@H]2[C@@H]3[C@H](O)C[C@H](CCO)C(C)(C)[C@H]3C[C@H](O)[C@]12C. The number of aliphatic carboxylic acids is 1. The van der Waals surface area contributed by atoms with E-state index in [0.29, 0.717) is 25.2 Å². The summed E-state index contributed by atoms with van der Waals surface area (Å²) in [5.74, 6) is 0.811. The number of carboxylic acids is 1. The van der Waals surface area contributed by atoms with Gasteiger partial charge in [-0.1, -0.05) is 27.7 Å². The van der Waals surface area contributed by atoms with Crippen LogP contribution in [0.3, 0.4) is 0 Å². The Hall–Kier alpha value is -0.650. The first-order chi connectivity index (χ1) is 13.0. The van der Waals surface area contributed by atoms with Gasteiger partial charge in [0.05, 0.1) is 12.2 Å². The number of carbonyl (C=O) groups is 1. The highest BCUT2D eigenvalue weighted by Crippen LogP contribution is 2.66. The number of carboxylic acid groups (broad SMARTS) is 1. The topological polar surface area (TPSA) is 98.0 Å². The Morgan fingerprint density at radius 1 is 1.11 bits per heavy atom. The van der Waals surface area contributed by atoms with Gasteiger partial charge in [0.15, 0.2) is 0 Å². The predicted octanol–water partition coefficient (Wildman–Crippen LogP) is 3.31. The summed E-state index contributed by atoms with van der Waals surface area (Å²) in [6.07, 6.45) is 4.19. The summed E-state index contributed by atoms with van der Waals surface area (Å²) in [4.78, 5) is 11.0. The summed E-state index contributed by atoms with van der Waals surface area (Å²) < 4.78 is 0. The molecule has 0 bridgehead atoms. The van der Waals surface area contributed by atoms with Crippen molar-refractivity contribution in [3.63, 3.8) is 0 Å². The van der Waals surface area contributed by atoms with E-state index in [2.05, 4.69) is 27.7 Å². The van der Waals surface area contributed by atoms with Crippen molar-refractivity contribution in [1.82, 2.24) is 0 Å². The monoisotopic (exact) mass is 396 g/mol. The zero-order valence-electron chi connectivity index (χ0n) is 18.0. The normalized spacial score (nSPS) is 45.9. The van der Waals surface area contributed by atoms with Gasteiger partial charge in [-0.25, -0.2) is 0 Å². The zero-order chi connectivity index (χ0) is 20.9. The van der Waals surface area contributed by atoms with Crippen LogP contribution in [0.5, 0.6) is 0 Å². The second kappa shape index (κ2) is 7.88. The van der Waals surface area contributed by atoms with Crippen molar-refractivity contribution in [2.45, 2.75) is 84.8 Å². The molecule has 9 atom stereocenters. The number of rotatable bonds is 6. The van der Waals surface area contributed by atoms with E-state index in [4.69, 9.17) is 5.11 Å². The van der Waals surface area contributed by atoms with Gasteiger partial charge < -0.3 is 20.4 Å². The quantitative estimate of drug-likeness (QED) is 0.552. The molecule has 0 aromatic carbocycles. The van der Waals surface area contributed by atoms with E-state index < -0.39 is 12.1 Å². The fourth-order valence-corrected chi connectivity index (χ4v) is 7.78. The maximum Gasteiger partial charge on any atom is 0.303 e. The highest BCUT2D eigenvalue weighted by molar-refractivity contribution is 5.66. The molecule has 4 N–H and O–H groups in total.